The molecular weight excluding hydrogens is 320 g/mol. The van der Waals surface area contributed by atoms with Crippen molar-refractivity contribution in [3.05, 3.63) is 59.8 Å². The molecule has 1 aromatic carbocycles. The maximum atomic E-state index is 12.1. The molecule has 1 atom stereocenters. The predicted octanol–water partition coefficient (Wildman–Crippen LogP) is 2.19. The third-order valence-corrected chi connectivity index (χ3v) is 3.89. The van der Waals surface area contributed by atoms with Crippen LogP contribution in [-0.4, -0.2) is 31.2 Å². The number of aliphatic imine (C=N–C) groups is 1. The fourth-order valence-corrected chi connectivity index (χ4v) is 2.70. The molecule has 128 valence electrons. The summed E-state index contributed by atoms with van der Waals surface area (Å²) in [5.41, 5.74) is 2.16. The molecule has 1 aromatic rings. The van der Waals surface area contributed by atoms with Crippen molar-refractivity contribution in [2.24, 2.45) is 10.9 Å². The molecule has 6 nitrogen and oxygen atoms in total. The van der Waals surface area contributed by atoms with Crippen molar-refractivity contribution < 1.29 is 19.1 Å². The van der Waals surface area contributed by atoms with Crippen molar-refractivity contribution in [1.29, 1.82) is 0 Å². The molecule has 1 unspecified atom stereocenters. The maximum absolute atomic E-state index is 12.1. The van der Waals surface area contributed by atoms with Gasteiger partial charge in [-0.25, -0.2) is 4.99 Å². The molecule has 1 N–H and O–H groups in total. The molecule has 0 saturated heterocycles. The zero-order valence-corrected chi connectivity index (χ0v) is 14.0. The fourth-order valence-electron chi connectivity index (χ4n) is 2.70. The third-order valence-electron chi connectivity index (χ3n) is 3.89. The molecule has 6 heteroatoms. The van der Waals surface area contributed by atoms with Crippen molar-refractivity contribution in [3.63, 3.8) is 0 Å². The lowest BCUT2D eigenvalue weighted by molar-refractivity contribution is -0.119. The second-order valence-corrected chi connectivity index (χ2v) is 5.68. The number of carbonyl (C=O) groups is 2. The van der Waals surface area contributed by atoms with Crippen molar-refractivity contribution in [1.82, 2.24) is 5.32 Å². The highest BCUT2D eigenvalue weighted by atomic mass is 16.5. The van der Waals surface area contributed by atoms with Crippen LogP contribution in [0.25, 0.3) is 0 Å². The van der Waals surface area contributed by atoms with E-state index in [1.54, 1.807) is 36.4 Å². The Bertz CT molecular complexity index is 834. The summed E-state index contributed by atoms with van der Waals surface area (Å²) in [5.74, 6) is 0.474. The number of fused-ring (bicyclic) bond motifs is 1. The van der Waals surface area contributed by atoms with E-state index in [0.29, 0.717) is 17.2 Å². The SMILES string of the molecule is COc1ccccc1OCC(=O)N=C1C=CC2C(C)=CC(=O)NC2=C1. The number of allylic oxidation sites excluding steroid dienone is 3. The van der Waals surface area contributed by atoms with Crippen molar-refractivity contribution >= 4 is 17.5 Å². The van der Waals surface area contributed by atoms with Crippen LogP contribution in [0.5, 0.6) is 11.5 Å². The molecule has 0 bridgehead atoms. The molecule has 2 aliphatic rings. The Morgan fingerprint density at radius 1 is 1.24 bits per heavy atom. The highest BCUT2D eigenvalue weighted by Crippen LogP contribution is 2.27. The summed E-state index contributed by atoms with van der Waals surface area (Å²) in [6, 6.07) is 7.09. The fraction of sp³-hybridized carbons (Fsp3) is 0.211. The van der Waals surface area contributed by atoms with Crippen LogP contribution >= 0.6 is 0 Å². The Hall–Kier alpha value is -3.15. The monoisotopic (exact) mass is 338 g/mol. The van der Waals surface area contributed by atoms with Gasteiger partial charge in [-0.15, -0.1) is 0 Å². The number of benzene rings is 1. The van der Waals surface area contributed by atoms with Crippen LogP contribution in [0.1, 0.15) is 6.92 Å². The normalized spacial score (nSPS) is 20.3. The number of nitrogens with one attached hydrogen (secondary N) is 1. The summed E-state index contributed by atoms with van der Waals surface area (Å²) < 4.78 is 10.6. The van der Waals surface area contributed by atoms with E-state index < -0.39 is 5.91 Å². The van der Waals surface area contributed by atoms with Gasteiger partial charge in [0, 0.05) is 17.7 Å². The number of rotatable bonds is 4. The number of hydrogen-bond donors (Lipinski definition) is 1. The van der Waals surface area contributed by atoms with E-state index >= 15 is 0 Å². The lowest BCUT2D eigenvalue weighted by Gasteiger charge is -2.25. The molecule has 2 amide bonds. The van der Waals surface area contributed by atoms with Crippen LogP contribution in [0.15, 0.2) is 64.8 Å². The first kappa shape index (κ1) is 16.7. The summed E-state index contributed by atoms with van der Waals surface area (Å²) in [6.45, 7) is 1.70. The molecule has 1 aliphatic carbocycles. The highest BCUT2D eigenvalue weighted by molar-refractivity contribution is 6.11. The number of methoxy groups -OCH3 is 1. The van der Waals surface area contributed by atoms with Crippen molar-refractivity contribution in [2.75, 3.05) is 13.7 Å². The van der Waals surface area contributed by atoms with E-state index in [4.69, 9.17) is 9.47 Å². The van der Waals surface area contributed by atoms with E-state index in [2.05, 4.69) is 10.3 Å². The minimum Gasteiger partial charge on any atom is -0.493 e. The van der Waals surface area contributed by atoms with Gasteiger partial charge in [0.2, 0.25) is 5.91 Å². The molecule has 0 spiro atoms. The van der Waals surface area contributed by atoms with E-state index in [1.807, 2.05) is 19.1 Å². The molecule has 1 heterocycles. The molecular formula is C19H18N2O4. The standard InChI is InChI=1S/C19H18N2O4/c1-12-9-18(22)21-15-10-13(7-8-14(12)15)20-19(23)11-25-17-6-4-3-5-16(17)24-2/h3-10,14H,11H2,1-2H3,(H,21,22). The van der Waals surface area contributed by atoms with Gasteiger partial charge in [-0.2, -0.15) is 0 Å². The van der Waals surface area contributed by atoms with Gasteiger partial charge in [-0.3, -0.25) is 9.59 Å². The zero-order valence-electron chi connectivity index (χ0n) is 14.0. The predicted molar refractivity (Wildman–Crippen MR) is 93.5 cm³/mol. The Morgan fingerprint density at radius 2 is 2.00 bits per heavy atom. The molecule has 25 heavy (non-hydrogen) atoms. The Morgan fingerprint density at radius 3 is 2.76 bits per heavy atom. The van der Waals surface area contributed by atoms with E-state index in [1.165, 1.54) is 7.11 Å². The first-order valence-corrected chi connectivity index (χ1v) is 7.83. The van der Waals surface area contributed by atoms with Crippen LogP contribution in [-0.2, 0) is 9.59 Å². The van der Waals surface area contributed by atoms with Crippen LogP contribution < -0.4 is 14.8 Å². The van der Waals surface area contributed by atoms with Crippen LogP contribution in [0.4, 0.5) is 0 Å². The first-order valence-electron chi connectivity index (χ1n) is 7.83. The number of ether oxygens (including phenoxy) is 2. The second kappa shape index (κ2) is 7.17. The summed E-state index contributed by atoms with van der Waals surface area (Å²) >= 11 is 0. The van der Waals surface area contributed by atoms with Crippen LogP contribution in [0.3, 0.4) is 0 Å². The number of amides is 2. The van der Waals surface area contributed by atoms with E-state index in [0.717, 1.165) is 11.3 Å². The summed E-state index contributed by atoms with van der Waals surface area (Å²) in [4.78, 5) is 27.7. The number of para-hydroxylation sites is 2. The number of carbonyl (C=O) groups excluding carboxylic acids is 2. The lowest BCUT2D eigenvalue weighted by atomic mass is 9.89. The van der Waals surface area contributed by atoms with Crippen molar-refractivity contribution in [3.8, 4) is 11.5 Å². The van der Waals surface area contributed by atoms with Gasteiger partial charge in [0.25, 0.3) is 5.91 Å². The molecule has 0 saturated carbocycles. The average Bonchev–Trinajstić information content (AvgIpc) is 2.59. The quantitative estimate of drug-likeness (QED) is 0.913. The van der Waals surface area contributed by atoms with Gasteiger partial charge in [0.15, 0.2) is 18.1 Å². The molecule has 0 radical (unpaired) electrons. The largest absolute Gasteiger partial charge is 0.493 e. The summed E-state index contributed by atoms with van der Waals surface area (Å²) in [5, 5.41) is 2.78. The van der Waals surface area contributed by atoms with Crippen LogP contribution in [0, 0.1) is 5.92 Å². The van der Waals surface area contributed by atoms with Gasteiger partial charge in [0.05, 0.1) is 12.8 Å². The first-order chi connectivity index (χ1) is 12.1. The average molecular weight is 338 g/mol. The minimum atomic E-state index is -0.421. The maximum Gasteiger partial charge on any atom is 0.284 e. The Balaban J connectivity index is 1.67. The Labute approximate surface area is 145 Å². The molecule has 0 fully saturated rings. The van der Waals surface area contributed by atoms with E-state index in [9.17, 15) is 9.59 Å². The van der Waals surface area contributed by atoms with Crippen molar-refractivity contribution in [2.45, 2.75) is 6.92 Å². The van der Waals surface area contributed by atoms with Gasteiger partial charge in [-0.05, 0) is 31.2 Å². The topological polar surface area (TPSA) is 77.0 Å². The summed E-state index contributed by atoms with van der Waals surface area (Å²) in [7, 11) is 1.54. The van der Waals surface area contributed by atoms with Gasteiger partial charge in [-0.1, -0.05) is 23.8 Å². The Kier molecular flexibility index (Phi) is 4.79. The number of hydrogen-bond acceptors (Lipinski definition) is 4. The number of nitrogens with zero attached hydrogens (tertiary/aromatic N) is 1. The smallest absolute Gasteiger partial charge is 0.284 e. The molecule has 1 aliphatic heterocycles. The third kappa shape index (κ3) is 3.85. The van der Waals surface area contributed by atoms with Gasteiger partial charge >= 0.3 is 0 Å². The highest BCUT2D eigenvalue weighted by Gasteiger charge is 2.23. The molecule has 0 aromatic heterocycles. The van der Waals surface area contributed by atoms with E-state index in [-0.39, 0.29) is 18.4 Å². The zero-order chi connectivity index (χ0) is 17.8. The minimum absolute atomic E-state index is 0.0246. The molecule has 3 rings (SSSR count). The van der Waals surface area contributed by atoms with Gasteiger partial charge < -0.3 is 14.8 Å². The van der Waals surface area contributed by atoms with Gasteiger partial charge in [0.1, 0.15) is 0 Å². The van der Waals surface area contributed by atoms with Crippen LogP contribution in [0.2, 0.25) is 0 Å². The summed E-state index contributed by atoms with van der Waals surface area (Å²) in [6.07, 6.45) is 6.96. The lowest BCUT2D eigenvalue weighted by Crippen LogP contribution is -2.32. The second-order valence-electron chi connectivity index (χ2n) is 5.68.